The van der Waals surface area contributed by atoms with Gasteiger partial charge >= 0.3 is 0 Å². The lowest BCUT2D eigenvalue weighted by Crippen LogP contribution is -2.45. The Morgan fingerprint density at radius 1 is 1.18 bits per heavy atom. The van der Waals surface area contributed by atoms with Crippen molar-refractivity contribution in [1.29, 1.82) is 0 Å². The van der Waals surface area contributed by atoms with Gasteiger partial charge in [0.2, 0.25) is 0 Å². The molecule has 1 aromatic rings. The fourth-order valence-corrected chi connectivity index (χ4v) is 3.41. The monoisotopic (exact) mass is 301 g/mol. The van der Waals surface area contributed by atoms with Gasteiger partial charge in [-0.15, -0.1) is 0 Å². The van der Waals surface area contributed by atoms with Crippen molar-refractivity contribution in [2.24, 2.45) is 11.7 Å². The SMILES string of the molecule is CC(N)C1CCCN(CCN2C(=O)c3ccccc3C2=O)C1. The first-order valence-corrected chi connectivity index (χ1v) is 8.01. The highest BCUT2D eigenvalue weighted by Gasteiger charge is 2.35. The predicted molar refractivity (Wildman–Crippen MR) is 84.6 cm³/mol. The third-order valence-corrected chi connectivity index (χ3v) is 4.80. The molecule has 0 aromatic heterocycles. The minimum atomic E-state index is -0.165. The van der Waals surface area contributed by atoms with Crippen LogP contribution in [0.1, 0.15) is 40.5 Å². The first-order valence-electron chi connectivity index (χ1n) is 8.01. The zero-order valence-electron chi connectivity index (χ0n) is 13.0. The van der Waals surface area contributed by atoms with Gasteiger partial charge in [0.25, 0.3) is 11.8 Å². The van der Waals surface area contributed by atoms with E-state index in [0.717, 1.165) is 26.1 Å². The Hall–Kier alpha value is -1.72. The van der Waals surface area contributed by atoms with Gasteiger partial charge in [-0.05, 0) is 44.4 Å². The van der Waals surface area contributed by atoms with Crippen molar-refractivity contribution in [1.82, 2.24) is 9.80 Å². The van der Waals surface area contributed by atoms with E-state index in [2.05, 4.69) is 11.8 Å². The molecule has 1 aromatic carbocycles. The van der Waals surface area contributed by atoms with Gasteiger partial charge in [0.1, 0.15) is 0 Å². The van der Waals surface area contributed by atoms with E-state index in [4.69, 9.17) is 5.73 Å². The molecule has 0 radical (unpaired) electrons. The molecule has 2 atom stereocenters. The lowest BCUT2D eigenvalue weighted by atomic mass is 9.92. The van der Waals surface area contributed by atoms with Crippen molar-refractivity contribution >= 4 is 11.8 Å². The molecule has 2 N–H and O–H groups in total. The number of piperidine rings is 1. The summed E-state index contributed by atoms with van der Waals surface area (Å²) in [4.78, 5) is 28.3. The summed E-state index contributed by atoms with van der Waals surface area (Å²) < 4.78 is 0. The summed E-state index contributed by atoms with van der Waals surface area (Å²) in [6.07, 6.45) is 2.30. The summed E-state index contributed by atoms with van der Waals surface area (Å²) in [5.41, 5.74) is 7.06. The molecule has 22 heavy (non-hydrogen) atoms. The molecule has 2 unspecified atom stereocenters. The molecular formula is C17H23N3O2. The van der Waals surface area contributed by atoms with Gasteiger partial charge in [-0.1, -0.05) is 12.1 Å². The standard InChI is InChI=1S/C17H23N3O2/c1-12(18)13-5-4-8-19(11-13)9-10-20-16(21)14-6-2-3-7-15(14)17(20)22/h2-3,6-7,12-13H,4-5,8-11,18H2,1H3. The van der Waals surface area contributed by atoms with Crippen molar-refractivity contribution in [2.45, 2.75) is 25.8 Å². The van der Waals surface area contributed by atoms with E-state index < -0.39 is 0 Å². The summed E-state index contributed by atoms with van der Waals surface area (Å²) >= 11 is 0. The average Bonchev–Trinajstić information content (AvgIpc) is 2.78. The van der Waals surface area contributed by atoms with Gasteiger partial charge in [0.05, 0.1) is 11.1 Å². The molecule has 0 bridgehead atoms. The molecule has 2 heterocycles. The number of rotatable bonds is 4. The highest BCUT2D eigenvalue weighted by Crippen LogP contribution is 2.23. The van der Waals surface area contributed by atoms with Crippen LogP contribution in [0.2, 0.25) is 0 Å². The van der Waals surface area contributed by atoms with E-state index in [-0.39, 0.29) is 17.9 Å². The average molecular weight is 301 g/mol. The zero-order valence-corrected chi connectivity index (χ0v) is 13.0. The van der Waals surface area contributed by atoms with E-state index in [1.165, 1.54) is 11.3 Å². The van der Waals surface area contributed by atoms with Crippen LogP contribution >= 0.6 is 0 Å². The summed E-state index contributed by atoms with van der Waals surface area (Å²) in [7, 11) is 0. The molecule has 5 nitrogen and oxygen atoms in total. The number of amides is 2. The Balaban J connectivity index is 1.61. The van der Waals surface area contributed by atoms with Crippen LogP contribution in [0.15, 0.2) is 24.3 Å². The molecule has 0 saturated carbocycles. The van der Waals surface area contributed by atoms with E-state index in [9.17, 15) is 9.59 Å². The van der Waals surface area contributed by atoms with Gasteiger partial charge in [0.15, 0.2) is 0 Å². The third-order valence-electron chi connectivity index (χ3n) is 4.80. The van der Waals surface area contributed by atoms with E-state index in [1.807, 2.05) is 0 Å². The summed E-state index contributed by atoms with van der Waals surface area (Å²) in [5.74, 6) is 0.179. The number of hydrogen-bond acceptors (Lipinski definition) is 4. The molecule has 3 rings (SSSR count). The van der Waals surface area contributed by atoms with Crippen molar-refractivity contribution in [3.8, 4) is 0 Å². The van der Waals surface area contributed by atoms with Crippen LogP contribution in [0.5, 0.6) is 0 Å². The third kappa shape index (κ3) is 2.78. The van der Waals surface area contributed by atoms with Crippen LogP contribution in [-0.4, -0.2) is 53.8 Å². The van der Waals surface area contributed by atoms with Crippen LogP contribution in [0.3, 0.4) is 0 Å². The van der Waals surface area contributed by atoms with Crippen molar-refractivity contribution in [3.05, 3.63) is 35.4 Å². The Kier molecular flexibility index (Phi) is 4.27. The number of likely N-dealkylation sites (tertiary alicyclic amines) is 1. The molecule has 5 heteroatoms. The van der Waals surface area contributed by atoms with Crippen LogP contribution in [-0.2, 0) is 0 Å². The van der Waals surface area contributed by atoms with Crippen molar-refractivity contribution in [3.63, 3.8) is 0 Å². The van der Waals surface area contributed by atoms with Crippen molar-refractivity contribution < 1.29 is 9.59 Å². The lowest BCUT2D eigenvalue weighted by Gasteiger charge is -2.35. The molecule has 118 valence electrons. The quantitative estimate of drug-likeness (QED) is 0.852. The van der Waals surface area contributed by atoms with Gasteiger partial charge < -0.3 is 10.6 Å². The highest BCUT2D eigenvalue weighted by atomic mass is 16.2. The van der Waals surface area contributed by atoms with Crippen LogP contribution in [0, 0.1) is 5.92 Å². The fourth-order valence-electron chi connectivity index (χ4n) is 3.41. The molecule has 0 aliphatic carbocycles. The second kappa shape index (κ2) is 6.18. The van der Waals surface area contributed by atoms with E-state index in [0.29, 0.717) is 23.6 Å². The molecule has 1 fully saturated rings. The summed E-state index contributed by atoms with van der Waals surface area (Å²) in [6.45, 7) is 5.22. The number of benzene rings is 1. The van der Waals surface area contributed by atoms with Gasteiger partial charge in [-0.3, -0.25) is 14.5 Å². The molecule has 2 amide bonds. The Bertz CT molecular complexity index is 550. The Labute approximate surface area is 131 Å². The Morgan fingerprint density at radius 2 is 1.82 bits per heavy atom. The maximum atomic E-state index is 12.3. The van der Waals surface area contributed by atoms with Gasteiger partial charge in [-0.25, -0.2) is 0 Å². The van der Waals surface area contributed by atoms with E-state index >= 15 is 0 Å². The number of nitrogens with two attached hydrogens (primary N) is 1. The van der Waals surface area contributed by atoms with Gasteiger partial charge in [-0.2, -0.15) is 0 Å². The second-order valence-electron chi connectivity index (χ2n) is 6.37. The number of imide groups is 1. The van der Waals surface area contributed by atoms with Crippen LogP contribution in [0.25, 0.3) is 0 Å². The maximum Gasteiger partial charge on any atom is 0.261 e. The second-order valence-corrected chi connectivity index (χ2v) is 6.37. The molecule has 2 aliphatic heterocycles. The maximum absolute atomic E-state index is 12.3. The predicted octanol–water partition coefficient (Wildman–Crippen LogP) is 1.34. The van der Waals surface area contributed by atoms with E-state index in [1.54, 1.807) is 24.3 Å². The minimum Gasteiger partial charge on any atom is -0.328 e. The number of hydrogen-bond donors (Lipinski definition) is 1. The first-order chi connectivity index (χ1) is 10.6. The summed E-state index contributed by atoms with van der Waals surface area (Å²) in [6, 6.07) is 7.24. The fraction of sp³-hybridized carbons (Fsp3) is 0.529. The molecule has 2 aliphatic rings. The molecular weight excluding hydrogens is 278 g/mol. The van der Waals surface area contributed by atoms with Crippen molar-refractivity contribution in [2.75, 3.05) is 26.2 Å². The minimum absolute atomic E-state index is 0.165. The molecule has 0 spiro atoms. The van der Waals surface area contributed by atoms with Crippen LogP contribution in [0.4, 0.5) is 0 Å². The smallest absolute Gasteiger partial charge is 0.261 e. The number of fused-ring (bicyclic) bond motifs is 1. The largest absolute Gasteiger partial charge is 0.328 e. The lowest BCUT2D eigenvalue weighted by molar-refractivity contribution is 0.0620. The van der Waals surface area contributed by atoms with Gasteiger partial charge in [0, 0.05) is 25.7 Å². The topological polar surface area (TPSA) is 66.6 Å². The van der Waals surface area contributed by atoms with Crippen LogP contribution < -0.4 is 5.73 Å². The number of nitrogens with zero attached hydrogens (tertiary/aromatic N) is 2. The summed E-state index contributed by atoms with van der Waals surface area (Å²) in [5, 5.41) is 0. The number of carbonyl (C=O) groups is 2. The molecule has 1 saturated heterocycles. The Morgan fingerprint density at radius 3 is 2.41 bits per heavy atom. The zero-order chi connectivity index (χ0) is 15.7. The normalized spacial score (nSPS) is 23.7. The number of carbonyl (C=O) groups excluding carboxylic acids is 2. The first kappa shape index (κ1) is 15.2. The highest BCUT2D eigenvalue weighted by molar-refractivity contribution is 6.21.